The number of sulfonamides is 1. The highest BCUT2D eigenvalue weighted by molar-refractivity contribution is 7.89. The summed E-state index contributed by atoms with van der Waals surface area (Å²) in [5.74, 6) is -0.198. The molecule has 2 aliphatic rings. The maximum Gasteiger partial charge on any atom is 0.306 e. The van der Waals surface area contributed by atoms with E-state index in [1.54, 1.807) is 25.7 Å². The van der Waals surface area contributed by atoms with Gasteiger partial charge in [0.15, 0.2) is 0 Å². The quantitative estimate of drug-likeness (QED) is 0.448. The highest BCUT2D eigenvalue weighted by Crippen LogP contribution is 2.27. The number of aliphatic hydroxyl groups is 1. The molecule has 0 atom stereocenters. The summed E-state index contributed by atoms with van der Waals surface area (Å²) in [6.07, 6.45) is 2.80. The van der Waals surface area contributed by atoms with Gasteiger partial charge in [0, 0.05) is 45.1 Å². The number of piperidine rings is 1. The second kappa shape index (κ2) is 12.3. The number of ether oxygens (including phenoxy) is 2. The normalized spacial score (nSPS) is 18.4. The van der Waals surface area contributed by atoms with Crippen molar-refractivity contribution in [2.45, 2.75) is 69.5 Å². The molecule has 0 aromatic carbocycles. The highest BCUT2D eigenvalue weighted by Gasteiger charge is 2.33. The number of rotatable bonds is 10. The van der Waals surface area contributed by atoms with Crippen LogP contribution in [0.3, 0.4) is 0 Å². The number of pyridine rings is 1. The monoisotopic (exact) mass is 541 g/mol. The second-order valence-corrected chi connectivity index (χ2v) is 12.4. The molecular formula is C25H36FN3O7S. The molecule has 0 unspecified atom stereocenters. The van der Waals surface area contributed by atoms with E-state index >= 15 is 0 Å². The van der Waals surface area contributed by atoms with Crippen molar-refractivity contribution >= 4 is 21.9 Å². The zero-order chi connectivity index (χ0) is 27.2. The minimum Gasteiger partial charge on any atom is -0.473 e. The van der Waals surface area contributed by atoms with Crippen LogP contribution in [0.2, 0.25) is 0 Å². The lowest BCUT2D eigenvalue weighted by Crippen LogP contribution is -2.54. The summed E-state index contributed by atoms with van der Waals surface area (Å²) in [5, 5.41) is 9.35. The van der Waals surface area contributed by atoms with E-state index in [0.717, 1.165) is 0 Å². The van der Waals surface area contributed by atoms with Crippen LogP contribution in [-0.2, 0) is 24.3 Å². The van der Waals surface area contributed by atoms with E-state index in [9.17, 15) is 27.5 Å². The van der Waals surface area contributed by atoms with E-state index in [0.29, 0.717) is 51.8 Å². The Morgan fingerprint density at radius 1 is 1.19 bits per heavy atom. The predicted octanol–water partition coefficient (Wildman–Crippen LogP) is 2.43. The van der Waals surface area contributed by atoms with Gasteiger partial charge in [-0.3, -0.25) is 9.59 Å². The lowest BCUT2D eigenvalue weighted by Gasteiger charge is -2.38. The molecule has 3 rings (SSSR count). The van der Waals surface area contributed by atoms with Crippen molar-refractivity contribution in [3.8, 4) is 5.88 Å². The molecule has 1 aromatic rings. The van der Waals surface area contributed by atoms with Crippen LogP contribution in [0, 0.1) is 5.92 Å². The predicted molar refractivity (Wildman–Crippen MR) is 133 cm³/mol. The van der Waals surface area contributed by atoms with Gasteiger partial charge in [0.25, 0.3) is 0 Å². The fourth-order valence-electron chi connectivity index (χ4n) is 4.12. The molecule has 2 saturated heterocycles. The van der Waals surface area contributed by atoms with Crippen LogP contribution in [0.5, 0.6) is 5.88 Å². The van der Waals surface area contributed by atoms with Gasteiger partial charge in [-0.25, -0.2) is 17.8 Å². The maximum atomic E-state index is 13.2. The van der Waals surface area contributed by atoms with Crippen molar-refractivity contribution in [1.29, 1.82) is 0 Å². The average molecular weight is 542 g/mol. The van der Waals surface area contributed by atoms with Crippen molar-refractivity contribution in [3.05, 3.63) is 30.2 Å². The molecule has 1 amide bonds. The molecule has 0 saturated carbocycles. The third-order valence-corrected chi connectivity index (χ3v) is 8.11. The summed E-state index contributed by atoms with van der Waals surface area (Å²) < 4.78 is 51.3. The number of aliphatic hydroxyl groups excluding tert-OH is 1. The van der Waals surface area contributed by atoms with Gasteiger partial charge in [-0.1, -0.05) is 0 Å². The zero-order valence-corrected chi connectivity index (χ0v) is 22.4. The van der Waals surface area contributed by atoms with Gasteiger partial charge >= 0.3 is 5.97 Å². The molecule has 12 heteroatoms. The number of halogens is 1. The third-order valence-electron chi connectivity index (χ3n) is 6.23. The number of hydrogen-bond donors (Lipinski definition) is 1. The summed E-state index contributed by atoms with van der Waals surface area (Å²) in [5.41, 5.74) is -0.371. The van der Waals surface area contributed by atoms with Gasteiger partial charge in [0.05, 0.1) is 18.6 Å². The first kappa shape index (κ1) is 29.0. The minimum atomic E-state index is -3.75. The van der Waals surface area contributed by atoms with Crippen LogP contribution < -0.4 is 4.74 Å². The molecule has 2 aliphatic heterocycles. The van der Waals surface area contributed by atoms with Gasteiger partial charge in [-0.05, 0) is 57.6 Å². The number of carbonyl (C=O) groups is 2. The zero-order valence-electron chi connectivity index (χ0n) is 21.6. The van der Waals surface area contributed by atoms with E-state index in [-0.39, 0.29) is 47.6 Å². The second-order valence-electron chi connectivity index (χ2n) is 10.5. The first-order chi connectivity index (χ1) is 17.4. The molecule has 1 aromatic heterocycles. The molecule has 10 nitrogen and oxygen atoms in total. The number of β-amino-alcohol motifs (C(OH)–C–C–N with tert-alkyl or cyclic N) is 1. The number of hydrogen-bond acceptors (Lipinski definition) is 8. The van der Waals surface area contributed by atoms with Gasteiger partial charge in [0.2, 0.25) is 21.8 Å². The smallest absolute Gasteiger partial charge is 0.306 e. The molecular weight excluding hydrogens is 505 g/mol. The molecule has 206 valence electrons. The summed E-state index contributed by atoms with van der Waals surface area (Å²) in [4.78, 5) is 29.7. The molecule has 1 N–H and O–H groups in total. The van der Waals surface area contributed by atoms with Gasteiger partial charge in [-0.15, -0.1) is 0 Å². The van der Waals surface area contributed by atoms with Crippen molar-refractivity contribution in [2.75, 3.05) is 32.8 Å². The summed E-state index contributed by atoms with van der Waals surface area (Å²) >= 11 is 0. The first-order valence-corrected chi connectivity index (χ1v) is 13.9. The Balaban J connectivity index is 1.45. The first-order valence-electron chi connectivity index (χ1n) is 12.4. The SMILES string of the molecule is CC(C)(C)OC(=O)CCC(=CF)COc1ccc(S(=O)(=O)N2CCC(CC(=O)N3CC(O)C3)CC2)cn1. The largest absolute Gasteiger partial charge is 0.473 e. The van der Waals surface area contributed by atoms with E-state index in [4.69, 9.17) is 9.47 Å². The van der Waals surface area contributed by atoms with Crippen LogP contribution in [0.15, 0.2) is 35.1 Å². The lowest BCUT2D eigenvalue weighted by molar-refractivity contribution is -0.154. The molecule has 37 heavy (non-hydrogen) atoms. The van der Waals surface area contributed by atoms with E-state index in [2.05, 4.69) is 4.98 Å². The summed E-state index contributed by atoms with van der Waals surface area (Å²) in [6.45, 7) is 6.48. The number of carbonyl (C=O) groups excluding carboxylic acids is 2. The van der Waals surface area contributed by atoms with E-state index < -0.39 is 27.7 Å². The van der Waals surface area contributed by atoms with Crippen molar-refractivity contribution < 1.29 is 37.0 Å². The molecule has 0 bridgehead atoms. The maximum absolute atomic E-state index is 13.2. The van der Waals surface area contributed by atoms with Crippen molar-refractivity contribution in [2.24, 2.45) is 5.92 Å². The number of nitrogens with zero attached hydrogens (tertiary/aromatic N) is 3. The van der Waals surface area contributed by atoms with Gasteiger partial charge in [-0.2, -0.15) is 4.31 Å². The Labute approximate surface area is 217 Å². The van der Waals surface area contributed by atoms with Crippen LogP contribution in [0.25, 0.3) is 0 Å². The van der Waals surface area contributed by atoms with E-state index in [1.807, 2.05) is 0 Å². The van der Waals surface area contributed by atoms with Crippen LogP contribution in [0.1, 0.15) is 52.9 Å². The number of aromatic nitrogens is 1. The van der Waals surface area contributed by atoms with Crippen LogP contribution >= 0.6 is 0 Å². The van der Waals surface area contributed by atoms with Crippen LogP contribution in [-0.4, -0.2) is 84.1 Å². The van der Waals surface area contributed by atoms with Crippen molar-refractivity contribution in [3.63, 3.8) is 0 Å². The molecule has 3 heterocycles. The average Bonchev–Trinajstić information content (AvgIpc) is 2.81. The number of likely N-dealkylation sites (tertiary alicyclic amines) is 1. The standard InChI is InChI=1S/C25H36FN3O7S/c1-25(2,3)36-24(32)7-4-19(13-26)17-35-22-6-5-21(14-27-22)37(33,34)29-10-8-18(9-11-29)12-23(31)28-15-20(30)16-28/h5-6,13-14,18,20,30H,4,7-12,15-17H2,1-3H3. The molecule has 2 fully saturated rings. The minimum absolute atomic E-state index is 0.00185. The molecule has 0 radical (unpaired) electrons. The van der Waals surface area contributed by atoms with E-state index in [1.165, 1.54) is 22.6 Å². The van der Waals surface area contributed by atoms with Crippen LogP contribution in [0.4, 0.5) is 4.39 Å². The number of esters is 1. The third kappa shape index (κ3) is 8.47. The molecule has 0 spiro atoms. The fourth-order valence-corrected chi connectivity index (χ4v) is 5.54. The topological polar surface area (TPSA) is 126 Å². The Morgan fingerprint density at radius 2 is 1.86 bits per heavy atom. The number of amides is 1. The van der Waals surface area contributed by atoms with Gasteiger partial charge < -0.3 is 19.5 Å². The Bertz CT molecular complexity index is 1070. The van der Waals surface area contributed by atoms with Crippen molar-refractivity contribution in [1.82, 2.24) is 14.2 Å². The summed E-state index contributed by atoms with van der Waals surface area (Å²) in [7, 11) is -3.75. The van der Waals surface area contributed by atoms with Gasteiger partial charge in [0.1, 0.15) is 17.1 Å². The Kier molecular flexibility index (Phi) is 9.65. The fraction of sp³-hybridized carbons (Fsp3) is 0.640. The Morgan fingerprint density at radius 3 is 2.41 bits per heavy atom. The Hall–Kier alpha value is -2.57. The summed E-state index contributed by atoms with van der Waals surface area (Å²) in [6, 6.07) is 2.80. The molecule has 0 aliphatic carbocycles. The lowest BCUT2D eigenvalue weighted by atomic mass is 9.93. The highest BCUT2D eigenvalue weighted by atomic mass is 32.2.